The molecule has 0 spiro atoms. The molecular weight excluding hydrogens is 523 g/mol. The van der Waals surface area contributed by atoms with E-state index in [9.17, 15) is 26.4 Å². The van der Waals surface area contributed by atoms with Crippen LogP contribution in [0.25, 0.3) is 22.6 Å². The molecule has 0 radical (unpaired) electrons. The zero-order valence-electron chi connectivity index (χ0n) is 21.1. The summed E-state index contributed by atoms with van der Waals surface area (Å²) < 4.78 is 56.6. The molecule has 38 heavy (non-hydrogen) atoms. The molecule has 2 aromatic heterocycles. The van der Waals surface area contributed by atoms with E-state index >= 15 is 0 Å². The summed E-state index contributed by atoms with van der Waals surface area (Å²) in [5.41, 5.74) is 4.86. The van der Waals surface area contributed by atoms with Gasteiger partial charge < -0.3 is 9.88 Å². The Hall–Kier alpha value is -3.61. The number of benzene rings is 1. The maximum atomic E-state index is 13.2. The van der Waals surface area contributed by atoms with Crippen LogP contribution in [0.15, 0.2) is 29.3 Å². The van der Waals surface area contributed by atoms with E-state index in [4.69, 9.17) is 4.79 Å². The number of nitrogens with zero attached hydrogens (tertiary/aromatic N) is 4. The van der Waals surface area contributed by atoms with Crippen LogP contribution in [-0.2, 0) is 21.2 Å². The topological polar surface area (TPSA) is 126 Å². The predicted molar refractivity (Wildman–Crippen MR) is 132 cm³/mol. The summed E-state index contributed by atoms with van der Waals surface area (Å²) in [4.78, 5) is 31.5. The fourth-order valence-corrected chi connectivity index (χ4v) is 5.30. The molecule has 3 aromatic rings. The monoisotopic (exact) mass is 549 g/mol. The summed E-state index contributed by atoms with van der Waals surface area (Å²) in [6.07, 6.45) is -0.725. The molecule has 1 amide bonds. The maximum absolute atomic E-state index is 13.2. The number of imidazole rings is 1. The van der Waals surface area contributed by atoms with Crippen LogP contribution in [-0.4, -0.2) is 64.2 Å². The zero-order chi connectivity index (χ0) is 28.0. The van der Waals surface area contributed by atoms with Gasteiger partial charge in [0.2, 0.25) is 6.29 Å². The van der Waals surface area contributed by atoms with Gasteiger partial charge in [-0.15, -0.1) is 5.10 Å². The number of carbonyl (C=O) groups is 2. The van der Waals surface area contributed by atoms with Crippen molar-refractivity contribution in [3.05, 3.63) is 46.9 Å². The molecule has 0 bridgehead atoms. The van der Waals surface area contributed by atoms with Gasteiger partial charge in [-0.3, -0.25) is 9.59 Å². The molecular formula is C25H26F3N5O4S. The largest absolute Gasteiger partial charge is 0.446 e. The third-order valence-electron chi connectivity index (χ3n) is 6.69. The van der Waals surface area contributed by atoms with E-state index < -0.39 is 22.3 Å². The summed E-state index contributed by atoms with van der Waals surface area (Å²) in [7, 11) is -3.61. The minimum Gasteiger partial charge on any atom is -0.341 e. The predicted octanol–water partition coefficient (Wildman–Crippen LogP) is 4.06. The van der Waals surface area contributed by atoms with Gasteiger partial charge in [-0.25, -0.2) is 13.4 Å². The van der Waals surface area contributed by atoms with Crippen molar-refractivity contribution in [2.75, 3.05) is 6.26 Å². The number of hydrogen-bond acceptors (Lipinski definition) is 7. The first-order valence-corrected chi connectivity index (χ1v) is 13.7. The molecule has 1 saturated carbocycles. The number of rotatable bonds is 5. The molecule has 3 heterocycles. The maximum Gasteiger partial charge on any atom is 0.446 e. The first kappa shape index (κ1) is 27.4. The summed E-state index contributed by atoms with van der Waals surface area (Å²) in [6, 6.07) is 5.42. The lowest BCUT2D eigenvalue weighted by molar-refractivity contribution is -0.156. The fraction of sp³-hybridized carbons (Fsp3) is 0.400. The molecule has 202 valence electrons. The van der Waals surface area contributed by atoms with E-state index in [0.717, 1.165) is 41.6 Å². The van der Waals surface area contributed by atoms with Crippen LogP contribution < -0.4 is 0 Å². The number of sulfone groups is 1. The van der Waals surface area contributed by atoms with Crippen molar-refractivity contribution in [2.45, 2.75) is 57.3 Å². The highest BCUT2D eigenvalue weighted by molar-refractivity contribution is 7.90. The number of hydrogen-bond donors (Lipinski definition) is 1. The summed E-state index contributed by atoms with van der Waals surface area (Å²) in [5, 5.41) is 8.30. The van der Waals surface area contributed by atoms with Gasteiger partial charge in [-0.1, -0.05) is 0 Å². The molecule has 0 saturated heterocycles. The standard InChI is InChI=1S/C23H25N5O3S.C2HF3O/c1-12-13(2)26-22(25-12)19-8-17(10-24-27-19)16-7-18-11-28(14(3)15-5-6-15)23(29)21(18)20(9-16)32(4,30)31;3-2(4,5)1-6/h7-10,14-15H,5-6,11H2,1-4H3,(H,25,26);1H/t14-;/m0./s1. The highest BCUT2D eigenvalue weighted by Crippen LogP contribution is 2.40. The molecule has 9 nitrogen and oxygen atoms in total. The molecule has 13 heteroatoms. The Bertz CT molecular complexity index is 1490. The van der Waals surface area contributed by atoms with Crippen LogP contribution in [0.2, 0.25) is 0 Å². The second-order valence-electron chi connectivity index (χ2n) is 9.58. The van der Waals surface area contributed by atoms with Crippen molar-refractivity contribution in [3.8, 4) is 22.6 Å². The van der Waals surface area contributed by atoms with Crippen LogP contribution in [0, 0.1) is 19.8 Å². The molecule has 0 unspecified atom stereocenters. The number of aromatic amines is 1. The van der Waals surface area contributed by atoms with Gasteiger partial charge in [0.25, 0.3) is 5.91 Å². The van der Waals surface area contributed by atoms with Crippen molar-refractivity contribution in [2.24, 2.45) is 5.92 Å². The van der Waals surface area contributed by atoms with Gasteiger partial charge in [0.05, 0.1) is 22.3 Å². The number of fused-ring (bicyclic) bond motifs is 1. The number of halogens is 3. The number of nitrogens with one attached hydrogen (secondary N) is 1. The Labute approximate surface area is 217 Å². The normalized spacial score (nSPS) is 16.1. The molecule has 2 aliphatic rings. The van der Waals surface area contributed by atoms with Crippen LogP contribution in [0.1, 0.15) is 47.1 Å². The summed E-state index contributed by atoms with van der Waals surface area (Å²) in [5.74, 6) is 0.918. The lowest BCUT2D eigenvalue weighted by atomic mass is 10.0. The average molecular weight is 550 g/mol. The average Bonchev–Trinajstić information content (AvgIpc) is 3.58. The minimum absolute atomic E-state index is 0.0727. The van der Waals surface area contributed by atoms with E-state index in [1.54, 1.807) is 12.3 Å². The third kappa shape index (κ3) is 5.77. The third-order valence-corrected chi connectivity index (χ3v) is 7.81. The second-order valence-corrected chi connectivity index (χ2v) is 11.6. The van der Waals surface area contributed by atoms with Crippen molar-refractivity contribution in [3.63, 3.8) is 0 Å². The Morgan fingerprint density at radius 2 is 1.82 bits per heavy atom. The smallest absolute Gasteiger partial charge is 0.341 e. The fourth-order valence-electron chi connectivity index (χ4n) is 4.37. The molecule has 1 aliphatic heterocycles. The van der Waals surface area contributed by atoms with E-state index in [0.29, 0.717) is 35.1 Å². The van der Waals surface area contributed by atoms with E-state index in [-0.39, 0.29) is 16.8 Å². The number of aromatic nitrogens is 4. The Morgan fingerprint density at radius 3 is 2.34 bits per heavy atom. The van der Waals surface area contributed by atoms with E-state index in [1.807, 2.05) is 30.9 Å². The number of alkyl halides is 3. The van der Waals surface area contributed by atoms with Gasteiger partial charge in [-0.05, 0) is 68.9 Å². The van der Waals surface area contributed by atoms with E-state index in [2.05, 4.69) is 27.1 Å². The second kappa shape index (κ2) is 9.93. The van der Waals surface area contributed by atoms with Gasteiger partial charge in [0, 0.05) is 30.1 Å². The molecule has 1 aromatic carbocycles. The highest BCUT2D eigenvalue weighted by atomic mass is 32.2. The first-order chi connectivity index (χ1) is 17.7. The number of aldehydes is 1. The molecule has 1 atom stereocenters. The number of amides is 1. The van der Waals surface area contributed by atoms with Gasteiger partial charge >= 0.3 is 6.18 Å². The van der Waals surface area contributed by atoms with Gasteiger partial charge in [-0.2, -0.15) is 18.3 Å². The van der Waals surface area contributed by atoms with Crippen molar-refractivity contribution < 1.29 is 31.2 Å². The zero-order valence-corrected chi connectivity index (χ0v) is 21.9. The quantitative estimate of drug-likeness (QED) is 0.476. The summed E-state index contributed by atoms with van der Waals surface area (Å²) >= 11 is 0. The first-order valence-electron chi connectivity index (χ1n) is 11.8. The number of H-pyrrole nitrogens is 1. The van der Waals surface area contributed by atoms with Crippen LogP contribution in [0.3, 0.4) is 0 Å². The van der Waals surface area contributed by atoms with Crippen molar-refractivity contribution in [1.82, 2.24) is 25.1 Å². The Kier molecular flexibility index (Phi) is 7.17. The Morgan fingerprint density at radius 1 is 1.16 bits per heavy atom. The number of aryl methyl sites for hydroxylation is 2. The SMILES string of the molecule is Cc1nc(-c2cc(-c3cc4c(c(S(C)(=O)=O)c3)C(=O)N([C@@H](C)C3CC3)C4)cnn2)[nH]c1C.O=CC(F)(F)F. The molecule has 5 rings (SSSR count). The van der Waals surface area contributed by atoms with Crippen LogP contribution >= 0.6 is 0 Å². The van der Waals surface area contributed by atoms with Crippen molar-refractivity contribution >= 4 is 22.0 Å². The van der Waals surface area contributed by atoms with Crippen molar-refractivity contribution in [1.29, 1.82) is 0 Å². The van der Waals surface area contributed by atoms with E-state index in [1.165, 1.54) is 0 Å². The minimum atomic E-state index is -4.64. The lowest BCUT2D eigenvalue weighted by Gasteiger charge is -2.24. The summed E-state index contributed by atoms with van der Waals surface area (Å²) in [6.45, 7) is 6.32. The number of carbonyl (C=O) groups excluding carboxylic acids is 2. The molecule has 1 N–H and O–H groups in total. The van der Waals surface area contributed by atoms with Crippen LogP contribution in [0.5, 0.6) is 0 Å². The molecule has 1 aliphatic carbocycles. The highest BCUT2D eigenvalue weighted by Gasteiger charge is 2.40. The van der Waals surface area contributed by atoms with Crippen LogP contribution in [0.4, 0.5) is 13.2 Å². The van der Waals surface area contributed by atoms with Gasteiger partial charge in [0.1, 0.15) is 5.69 Å². The van der Waals surface area contributed by atoms with Gasteiger partial charge in [0.15, 0.2) is 15.7 Å². The lowest BCUT2D eigenvalue weighted by Crippen LogP contribution is -2.35. The Balaban J connectivity index is 0.000000505. The molecule has 1 fully saturated rings.